The molecule has 0 spiro atoms. The molecular weight excluding hydrogens is 419 g/mol. The summed E-state index contributed by atoms with van der Waals surface area (Å²) in [5.41, 5.74) is 1.47. The minimum absolute atomic E-state index is 0.0585. The zero-order chi connectivity index (χ0) is 22.6. The van der Waals surface area contributed by atoms with E-state index in [0.29, 0.717) is 44.2 Å². The third-order valence-electron chi connectivity index (χ3n) is 5.28. The zero-order valence-corrected chi connectivity index (χ0v) is 17.2. The van der Waals surface area contributed by atoms with Crippen molar-refractivity contribution in [2.75, 3.05) is 31.5 Å². The van der Waals surface area contributed by atoms with Crippen molar-refractivity contribution < 1.29 is 18.0 Å². The Hall–Kier alpha value is -3.46. The first kappa shape index (κ1) is 21.8. The molecule has 0 unspecified atom stereocenters. The Kier molecular flexibility index (Phi) is 6.36. The second-order valence-corrected chi connectivity index (χ2v) is 7.54. The summed E-state index contributed by atoms with van der Waals surface area (Å²) < 4.78 is 38.1. The van der Waals surface area contributed by atoms with Crippen molar-refractivity contribution in [3.63, 3.8) is 0 Å². The minimum atomic E-state index is -4.33. The van der Waals surface area contributed by atoms with Gasteiger partial charge in [0.2, 0.25) is 5.95 Å². The standard InChI is InChI=1S/C23H22F3N5O/c24-23(25,26)19-7-5-17(6-8-19)16-30-11-13-31(14-12-30)21(32)18-3-1-4-20(15-18)29-22-27-9-2-10-28-22/h1-10,15H,11-14,16H2,(H,27,28,29). The highest BCUT2D eigenvalue weighted by molar-refractivity contribution is 5.95. The molecule has 0 saturated carbocycles. The first-order valence-electron chi connectivity index (χ1n) is 10.2. The summed E-state index contributed by atoms with van der Waals surface area (Å²) in [7, 11) is 0. The van der Waals surface area contributed by atoms with Crippen LogP contribution < -0.4 is 5.32 Å². The van der Waals surface area contributed by atoms with E-state index in [1.165, 1.54) is 12.1 Å². The van der Waals surface area contributed by atoms with Crippen LogP contribution in [0.15, 0.2) is 67.0 Å². The van der Waals surface area contributed by atoms with Gasteiger partial charge in [-0.05, 0) is 42.0 Å². The molecule has 0 bridgehead atoms. The maximum absolute atomic E-state index is 12.9. The number of benzene rings is 2. The van der Waals surface area contributed by atoms with E-state index in [1.807, 2.05) is 6.07 Å². The van der Waals surface area contributed by atoms with Gasteiger partial charge in [0.1, 0.15) is 0 Å². The van der Waals surface area contributed by atoms with Crippen molar-refractivity contribution in [3.8, 4) is 0 Å². The summed E-state index contributed by atoms with van der Waals surface area (Å²) in [6, 6.07) is 14.1. The third kappa shape index (κ3) is 5.42. The summed E-state index contributed by atoms with van der Waals surface area (Å²) in [6.45, 7) is 2.97. The fourth-order valence-corrected chi connectivity index (χ4v) is 3.57. The fraction of sp³-hybridized carbons (Fsp3) is 0.261. The lowest BCUT2D eigenvalue weighted by atomic mass is 10.1. The monoisotopic (exact) mass is 441 g/mol. The number of hydrogen-bond acceptors (Lipinski definition) is 5. The highest BCUT2D eigenvalue weighted by Gasteiger charge is 2.30. The maximum Gasteiger partial charge on any atom is 0.416 e. The van der Waals surface area contributed by atoms with Gasteiger partial charge in [-0.1, -0.05) is 18.2 Å². The van der Waals surface area contributed by atoms with Gasteiger partial charge >= 0.3 is 6.18 Å². The molecule has 1 saturated heterocycles. The van der Waals surface area contributed by atoms with E-state index in [0.717, 1.165) is 23.4 Å². The summed E-state index contributed by atoms with van der Waals surface area (Å²) in [4.78, 5) is 25.1. The molecule has 0 aliphatic carbocycles. The highest BCUT2D eigenvalue weighted by Crippen LogP contribution is 2.29. The molecule has 2 aromatic carbocycles. The van der Waals surface area contributed by atoms with Crippen LogP contribution in [0.5, 0.6) is 0 Å². The molecular formula is C23H22F3N5O. The van der Waals surface area contributed by atoms with E-state index >= 15 is 0 Å². The maximum atomic E-state index is 12.9. The smallest absolute Gasteiger partial charge is 0.336 e. The summed E-state index contributed by atoms with van der Waals surface area (Å²) in [5.74, 6) is 0.394. The highest BCUT2D eigenvalue weighted by atomic mass is 19.4. The van der Waals surface area contributed by atoms with Crippen LogP contribution in [-0.2, 0) is 12.7 Å². The molecule has 32 heavy (non-hydrogen) atoms. The average Bonchev–Trinajstić information content (AvgIpc) is 2.80. The van der Waals surface area contributed by atoms with Crippen LogP contribution in [0.25, 0.3) is 0 Å². The molecule has 2 heterocycles. The van der Waals surface area contributed by atoms with Crippen molar-refractivity contribution >= 4 is 17.5 Å². The zero-order valence-electron chi connectivity index (χ0n) is 17.2. The largest absolute Gasteiger partial charge is 0.416 e. The predicted octanol–water partition coefficient (Wildman–Crippen LogP) is 4.20. The van der Waals surface area contributed by atoms with Crippen LogP contribution >= 0.6 is 0 Å². The SMILES string of the molecule is O=C(c1cccc(Nc2ncccn2)c1)N1CCN(Cc2ccc(C(F)(F)F)cc2)CC1. The lowest BCUT2D eigenvalue weighted by Gasteiger charge is -2.35. The number of anilines is 2. The summed E-state index contributed by atoms with van der Waals surface area (Å²) in [5, 5.41) is 3.08. The Morgan fingerprint density at radius 2 is 1.62 bits per heavy atom. The van der Waals surface area contributed by atoms with Gasteiger partial charge in [0.15, 0.2) is 0 Å². The van der Waals surface area contributed by atoms with E-state index < -0.39 is 11.7 Å². The molecule has 1 aliphatic rings. The van der Waals surface area contributed by atoms with E-state index in [1.54, 1.807) is 41.6 Å². The quantitative estimate of drug-likeness (QED) is 0.643. The van der Waals surface area contributed by atoms with E-state index in [4.69, 9.17) is 0 Å². The Labute approximate surface area is 183 Å². The molecule has 166 valence electrons. The number of nitrogens with zero attached hydrogens (tertiary/aromatic N) is 4. The van der Waals surface area contributed by atoms with Gasteiger partial charge in [-0.3, -0.25) is 9.69 Å². The van der Waals surface area contributed by atoms with E-state index in [2.05, 4.69) is 20.2 Å². The Morgan fingerprint density at radius 3 is 2.28 bits per heavy atom. The van der Waals surface area contributed by atoms with Crippen LogP contribution in [-0.4, -0.2) is 51.9 Å². The van der Waals surface area contributed by atoms with Crippen LogP contribution in [0.3, 0.4) is 0 Å². The van der Waals surface area contributed by atoms with Gasteiger partial charge in [0.05, 0.1) is 5.56 Å². The Morgan fingerprint density at radius 1 is 0.938 bits per heavy atom. The molecule has 1 fully saturated rings. The number of halogens is 3. The summed E-state index contributed by atoms with van der Waals surface area (Å²) >= 11 is 0. The van der Waals surface area contributed by atoms with Crippen LogP contribution in [0.2, 0.25) is 0 Å². The topological polar surface area (TPSA) is 61.4 Å². The van der Waals surface area contributed by atoms with Crippen molar-refractivity contribution in [2.24, 2.45) is 0 Å². The predicted molar refractivity (Wildman–Crippen MR) is 114 cm³/mol. The molecule has 3 aromatic rings. The van der Waals surface area contributed by atoms with Crippen molar-refractivity contribution in [2.45, 2.75) is 12.7 Å². The fourth-order valence-electron chi connectivity index (χ4n) is 3.57. The van der Waals surface area contributed by atoms with E-state index in [-0.39, 0.29) is 5.91 Å². The number of amides is 1. The van der Waals surface area contributed by atoms with Gasteiger partial charge in [0.25, 0.3) is 5.91 Å². The lowest BCUT2D eigenvalue weighted by Crippen LogP contribution is -2.48. The van der Waals surface area contributed by atoms with Crippen LogP contribution in [0, 0.1) is 0 Å². The molecule has 0 radical (unpaired) electrons. The molecule has 6 nitrogen and oxygen atoms in total. The number of nitrogens with one attached hydrogen (secondary N) is 1. The Balaban J connectivity index is 1.32. The molecule has 4 rings (SSSR count). The minimum Gasteiger partial charge on any atom is -0.336 e. The number of aromatic nitrogens is 2. The number of carbonyl (C=O) groups is 1. The molecule has 9 heteroatoms. The number of alkyl halides is 3. The molecule has 1 amide bonds. The van der Waals surface area contributed by atoms with Crippen molar-refractivity contribution in [3.05, 3.63) is 83.7 Å². The molecule has 0 atom stereocenters. The second kappa shape index (κ2) is 9.35. The molecule has 1 aromatic heterocycles. The second-order valence-electron chi connectivity index (χ2n) is 7.54. The normalized spacial score (nSPS) is 14.9. The average molecular weight is 441 g/mol. The number of rotatable bonds is 5. The van der Waals surface area contributed by atoms with Gasteiger partial charge in [-0.25, -0.2) is 9.97 Å². The van der Waals surface area contributed by atoms with Crippen LogP contribution in [0.4, 0.5) is 24.8 Å². The first-order valence-corrected chi connectivity index (χ1v) is 10.2. The lowest BCUT2D eigenvalue weighted by molar-refractivity contribution is -0.137. The van der Waals surface area contributed by atoms with E-state index in [9.17, 15) is 18.0 Å². The van der Waals surface area contributed by atoms with Gasteiger partial charge in [-0.2, -0.15) is 13.2 Å². The molecule has 1 N–H and O–H groups in total. The van der Waals surface area contributed by atoms with Crippen LogP contribution in [0.1, 0.15) is 21.5 Å². The van der Waals surface area contributed by atoms with Gasteiger partial charge in [-0.15, -0.1) is 0 Å². The third-order valence-corrected chi connectivity index (χ3v) is 5.28. The molecule has 1 aliphatic heterocycles. The number of hydrogen-bond donors (Lipinski definition) is 1. The van der Waals surface area contributed by atoms with Crippen molar-refractivity contribution in [1.82, 2.24) is 19.8 Å². The number of piperazine rings is 1. The summed E-state index contributed by atoms with van der Waals surface area (Å²) in [6.07, 6.45) is -1.06. The Bertz CT molecular complexity index is 1050. The number of carbonyl (C=O) groups excluding carboxylic acids is 1. The van der Waals surface area contributed by atoms with Gasteiger partial charge < -0.3 is 10.2 Å². The van der Waals surface area contributed by atoms with Gasteiger partial charge in [0, 0.05) is 56.4 Å². The van der Waals surface area contributed by atoms with Crippen molar-refractivity contribution in [1.29, 1.82) is 0 Å². The first-order chi connectivity index (χ1) is 15.4.